The number of rotatable bonds is 7. The van der Waals surface area contributed by atoms with E-state index < -0.39 is 0 Å². The number of hydrogen-bond donors (Lipinski definition) is 2. The number of nitrogens with zero attached hydrogens (tertiary/aromatic N) is 2. The van der Waals surface area contributed by atoms with Gasteiger partial charge in [-0.2, -0.15) is 0 Å². The highest BCUT2D eigenvalue weighted by Crippen LogP contribution is 2.34. The zero-order chi connectivity index (χ0) is 32.1. The Kier molecular flexibility index (Phi) is 8.14. The van der Waals surface area contributed by atoms with Crippen LogP contribution in [0.1, 0.15) is 28.9 Å². The van der Waals surface area contributed by atoms with Crippen LogP contribution in [-0.2, 0) is 0 Å². The summed E-state index contributed by atoms with van der Waals surface area (Å²) < 4.78 is 0. The first-order chi connectivity index (χ1) is 23.8. The van der Waals surface area contributed by atoms with Crippen molar-refractivity contribution in [2.24, 2.45) is 0 Å². The predicted octanol–water partition coefficient (Wildman–Crippen LogP) is 10.1. The summed E-state index contributed by atoms with van der Waals surface area (Å²) in [4.78, 5) is 8.93. The van der Waals surface area contributed by atoms with Crippen molar-refractivity contribution in [2.45, 2.75) is 12.2 Å². The molecule has 8 rings (SSSR count). The zero-order valence-corrected chi connectivity index (χ0v) is 26.4. The van der Waals surface area contributed by atoms with Crippen LogP contribution >= 0.6 is 0 Å². The van der Waals surface area contributed by atoms with E-state index in [0.29, 0.717) is 0 Å². The van der Waals surface area contributed by atoms with Crippen molar-refractivity contribution in [3.8, 4) is 44.8 Å². The van der Waals surface area contributed by atoms with E-state index in [0.717, 1.165) is 33.8 Å². The van der Waals surface area contributed by atoms with Crippen LogP contribution < -0.4 is 10.6 Å². The van der Waals surface area contributed by atoms with Gasteiger partial charge in [0.2, 0.25) is 0 Å². The molecule has 2 N–H and O–H groups in total. The lowest BCUT2D eigenvalue weighted by Crippen LogP contribution is -2.39. The van der Waals surface area contributed by atoms with Crippen molar-refractivity contribution in [1.29, 1.82) is 0 Å². The number of hydrogen-bond acceptors (Lipinski definition) is 4. The van der Waals surface area contributed by atoms with Gasteiger partial charge in [0, 0.05) is 23.7 Å². The third-order valence-electron chi connectivity index (χ3n) is 8.85. The highest BCUT2D eigenvalue weighted by atomic mass is 15.2. The maximum atomic E-state index is 4.46. The van der Waals surface area contributed by atoms with Gasteiger partial charge in [0.25, 0.3) is 0 Å². The average Bonchev–Trinajstić information content (AvgIpc) is 3.19. The van der Waals surface area contributed by atoms with Crippen LogP contribution in [0, 0.1) is 0 Å². The molecule has 0 saturated heterocycles. The molecule has 1 aliphatic rings. The molecule has 1 aliphatic heterocycles. The lowest BCUT2D eigenvalue weighted by molar-refractivity contribution is 0.443. The van der Waals surface area contributed by atoms with Crippen LogP contribution in [0.3, 0.4) is 0 Å². The van der Waals surface area contributed by atoms with Crippen LogP contribution in [-0.4, -0.2) is 9.97 Å². The second-order valence-corrected chi connectivity index (χ2v) is 12.0. The van der Waals surface area contributed by atoms with Gasteiger partial charge in [-0.1, -0.05) is 133 Å². The molecular formula is C44H34N4. The SMILES string of the molecule is C1=C(c2cccc(-c3ccccc3)c2)NC(c2cccc(-c3ccccc3)c2)NC1c1cccc(-c2cccc(-c3ncccn3)c2)c1. The summed E-state index contributed by atoms with van der Waals surface area (Å²) in [6.07, 6.45) is 5.77. The van der Waals surface area contributed by atoms with E-state index in [1.54, 1.807) is 12.4 Å². The molecule has 2 unspecified atom stereocenters. The molecule has 2 heterocycles. The van der Waals surface area contributed by atoms with Gasteiger partial charge in [0.05, 0.1) is 6.04 Å². The molecule has 0 spiro atoms. The lowest BCUT2D eigenvalue weighted by atomic mass is 9.93. The van der Waals surface area contributed by atoms with Gasteiger partial charge in [-0.25, -0.2) is 9.97 Å². The highest BCUT2D eigenvalue weighted by Gasteiger charge is 2.25. The third kappa shape index (κ3) is 6.30. The Balaban J connectivity index is 1.18. The normalized spacial score (nSPS) is 15.7. The molecule has 230 valence electrons. The number of nitrogens with one attached hydrogen (secondary N) is 2. The van der Waals surface area contributed by atoms with E-state index in [1.807, 2.05) is 6.07 Å². The third-order valence-corrected chi connectivity index (χ3v) is 8.85. The minimum Gasteiger partial charge on any atom is -0.366 e. The molecule has 6 aromatic carbocycles. The summed E-state index contributed by atoms with van der Waals surface area (Å²) in [6.45, 7) is 0. The van der Waals surface area contributed by atoms with E-state index >= 15 is 0 Å². The van der Waals surface area contributed by atoms with Gasteiger partial charge in [0.1, 0.15) is 6.17 Å². The Bertz CT molecular complexity index is 2190. The first-order valence-electron chi connectivity index (χ1n) is 16.3. The maximum Gasteiger partial charge on any atom is 0.159 e. The van der Waals surface area contributed by atoms with Crippen LogP contribution in [0.25, 0.3) is 50.5 Å². The van der Waals surface area contributed by atoms with Gasteiger partial charge in [-0.3, -0.25) is 5.32 Å². The molecule has 1 aromatic heterocycles. The van der Waals surface area contributed by atoms with Gasteiger partial charge in [0.15, 0.2) is 5.82 Å². The topological polar surface area (TPSA) is 49.8 Å². The quantitative estimate of drug-likeness (QED) is 0.187. The summed E-state index contributed by atoms with van der Waals surface area (Å²) >= 11 is 0. The number of benzene rings is 6. The summed E-state index contributed by atoms with van der Waals surface area (Å²) in [6, 6.07) is 57.8. The Morgan fingerprint density at radius 2 is 0.875 bits per heavy atom. The minimum atomic E-state index is -0.110. The highest BCUT2D eigenvalue weighted by molar-refractivity contribution is 5.74. The largest absolute Gasteiger partial charge is 0.366 e. The van der Waals surface area contributed by atoms with Gasteiger partial charge in [-0.15, -0.1) is 0 Å². The van der Waals surface area contributed by atoms with E-state index in [2.05, 4.69) is 184 Å². The van der Waals surface area contributed by atoms with E-state index in [1.165, 1.54) is 33.4 Å². The van der Waals surface area contributed by atoms with E-state index in [-0.39, 0.29) is 12.2 Å². The van der Waals surface area contributed by atoms with Crippen LogP contribution in [0.2, 0.25) is 0 Å². The molecule has 2 atom stereocenters. The summed E-state index contributed by atoms with van der Waals surface area (Å²) in [5, 5.41) is 7.77. The maximum absolute atomic E-state index is 4.46. The van der Waals surface area contributed by atoms with Crippen LogP contribution in [0.4, 0.5) is 0 Å². The molecule has 0 aliphatic carbocycles. The second-order valence-electron chi connectivity index (χ2n) is 12.0. The molecule has 0 amide bonds. The van der Waals surface area contributed by atoms with Crippen molar-refractivity contribution >= 4 is 5.70 Å². The average molecular weight is 619 g/mol. The Morgan fingerprint density at radius 1 is 0.396 bits per heavy atom. The smallest absolute Gasteiger partial charge is 0.159 e. The second kappa shape index (κ2) is 13.3. The summed E-state index contributed by atoms with van der Waals surface area (Å²) in [5.41, 5.74) is 12.7. The minimum absolute atomic E-state index is 0.0346. The van der Waals surface area contributed by atoms with Crippen molar-refractivity contribution < 1.29 is 0 Å². The molecular weight excluding hydrogens is 585 g/mol. The van der Waals surface area contributed by atoms with E-state index in [4.69, 9.17) is 0 Å². The fourth-order valence-corrected chi connectivity index (χ4v) is 6.41. The van der Waals surface area contributed by atoms with Crippen LogP contribution in [0.15, 0.2) is 182 Å². The van der Waals surface area contributed by atoms with Gasteiger partial charge in [-0.05, 0) is 86.5 Å². The predicted molar refractivity (Wildman–Crippen MR) is 196 cm³/mol. The zero-order valence-electron chi connectivity index (χ0n) is 26.4. The molecule has 7 aromatic rings. The van der Waals surface area contributed by atoms with Crippen LogP contribution in [0.5, 0.6) is 0 Å². The van der Waals surface area contributed by atoms with Crippen molar-refractivity contribution in [3.63, 3.8) is 0 Å². The number of aromatic nitrogens is 2. The standard InChI is InChI=1S/C44H34N4/c1-3-12-31(13-4-1)33-16-7-20-37(26-33)41-30-42(48-44(47-41)40-23-9-17-34(28-40)32-14-5-2-6-15-32)38-21-8-18-35(27-38)36-19-10-22-39(29-36)43-45-24-11-25-46-43/h1-30,42,44,47-48H. The monoisotopic (exact) mass is 618 g/mol. The molecule has 4 nitrogen and oxygen atoms in total. The van der Waals surface area contributed by atoms with Crippen molar-refractivity contribution in [1.82, 2.24) is 20.6 Å². The molecule has 0 saturated carbocycles. The van der Waals surface area contributed by atoms with Gasteiger partial charge < -0.3 is 5.32 Å². The van der Waals surface area contributed by atoms with Crippen molar-refractivity contribution in [2.75, 3.05) is 0 Å². The fourth-order valence-electron chi connectivity index (χ4n) is 6.41. The first kappa shape index (κ1) is 29.3. The molecule has 48 heavy (non-hydrogen) atoms. The molecule has 0 bridgehead atoms. The Labute approximate surface area is 281 Å². The lowest BCUT2D eigenvalue weighted by Gasteiger charge is -2.33. The first-order valence-corrected chi connectivity index (χ1v) is 16.3. The summed E-state index contributed by atoms with van der Waals surface area (Å²) in [5.74, 6) is 0.724. The molecule has 0 radical (unpaired) electrons. The van der Waals surface area contributed by atoms with E-state index in [9.17, 15) is 0 Å². The summed E-state index contributed by atoms with van der Waals surface area (Å²) in [7, 11) is 0. The Hall–Kier alpha value is -6.10. The molecule has 4 heteroatoms. The molecule has 0 fully saturated rings. The van der Waals surface area contributed by atoms with Crippen molar-refractivity contribution in [3.05, 3.63) is 199 Å². The Morgan fingerprint density at radius 3 is 1.56 bits per heavy atom. The fraction of sp³-hybridized carbons (Fsp3) is 0.0455. The van der Waals surface area contributed by atoms with Gasteiger partial charge >= 0.3 is 0 Å².